The van der Waals surface area contributed by atoms with Crippen LogP contribution in [0.5, 0.6) is 0 Å². The summed E-state index contributed by atoms with van der Waals surface area (Å²) in [4.78, 5) is 11.8. The van der Waals surface area contributed by atoms with Gasteiger partial charge in [-0.15, -0.1) is 0 Å². The molecule has 4 nitrogen and oxygen atoms in total. The number of aromatic nitrogens is 3. The molecule has 4 heteroatoms. The first-order valence-corrected chi connectivity index (χ1v) is 4.70. The third kappa shape index (κ3) is 1.37. The lowest BCUT2D eigenvalue weighted by molar-refractivity contribution is 0.277. The first-order valence-electron chi connectivity index (χ1n) is 4.70. The van der Waals surface area contributed by atoms with Crippen LogP contribution in [0.25, 0.3) is 11.2 Å². The lowest BCUT2D eigenvalue weighted by atomic mass is 10.2. The van der Waals surface area contributed by atoms with Crippen LogP contribution in [0.1, 0.15) is 24.0 Å². The predicted octanol–water partition coefficient (Wildman–Crippen LogP) is 1.32. The zero-order valence-electron chi connectivity index (χ0n) is 8.33. The summed E-state index contributed by atoms with van der Waals surface area (Å²) in [5, 5.41) is 8.99. The van der Waals surface area contributed by atoms with Crippen LogP contribution in [0.15, 0.2) is 6.07 Å². The topological polar surface area (TPSA) is 61.8 Å². The summed E-state index contributed by atoms with van der Waals surface area (Å²) in [6.07, 6.45) is 0.865. The van der Waals surface area contributed by atoms with Crippen molar-refractivity contribution in [2.75, 3.05) is 0 Å². The highest BCUT2D eigenvalue weighted by Gasteiger charge is 2.06. The van der Waals surface area contributed by atoms with E-state index >= 15 is 0 Å². The second kappa shape index (κ2) is 3.38. The van der Waals surface area contributed by atoms with Crippen LogP contribution in [0, 0.1) is 6.92 Å². The molecule has 0 saturated carbocycles. The van der Waals surface area contributed by atoms with Gasteiger partial charge in [-0.2, -0.15) is 0 Å². The SMILES string of the molecule is CCc1nc2nc(CO)cc(C)c2[nH]1. The minimum Gasteiger partial charge on any atom is -0.390 e. The maximum absolute atomic E-state index is 8.99. The van der Waals surface area contributed by atoms with E-state index in [1.165, 1.54) is 0 Å². The molecule has 0 aliphatic rings. The molecule has 2 heterocycles. The van der Waals surface area contributed by atoms with E-state index in [0.29, 0.717) is 11.3 Å². The second-order valence-corrected chi connectivity index (χ2v) is 3.32. The van der Waals surface area contributed by atoms with E-state index in [1.807, 2.05) is 19.9 Å². The second-order valence-electron chi connectivity index (χ2n) is 3.32. The summed E-state index contributed by atoms with van der Waals surface area (Å²) in [5.41, 5.74) is 3.42. The average Bonchev–Trinajstić information content (AvgIpc) is 2.61. The fourth-order valence-electron chi connectivity index (χ4n) is 1.51. The number of hydrogen-bond donors (Lipinski definition) is 2. The fourth-order valence-corrected chi connectivity index (χ4v) is 1.51. The Kier molecular flexibility index (Phi) is 2.21. The molecule has 0 aliphatic carbocycles. The highest BCUT2D eigenvalue weighted by atomic mass is 16.3. The Morgan fingerprint density at radius 2 is 2.21 bits per heavy atom. The molecular formula is C10H13N3O. The third-order valence-corrected chi connectivity index (χ3v) is 2.26. The Morgan fingerprint density at radius 1 is 1.43 bits per heavy atom. The summed E-state index contributed by atoms with van der Waals surface area (Å²) < 4.78 is 0. The number of aryl methyl sites for hydroxylation is 2. The van der Waals surface area contributed by atoms with Crippen LogP contribution < -0.4 is 0 Å². The molecule has 0 atom stereocenters. The quantitative estimate of drug-likeness (QED) is 0.752. The monoisotopic (exact) mass is 191 g/mol. The number of aliphatic hydroxyl groups is 1. The molecule has 0 amide bonds. The molecule has 0 spiro atoms. The summed E-state index contributed by atoms with van der Waals surface area (Å²) in [6.45, 7) is 3.99. The van der Waals surface area contributed by atoms with Gasteiger partial charge in [0.2, 0.25) is 0 Å². The lowest BCUT2D eigenvalue weighted by Crippen LogP contribution is -1.91. The normalized spacial score (nSPS) is 11.1. The molecule has 0 radical (unpaired) electrons. The van der Waals surface area contributed by atoms with E-state index < -0.39 is 0 Å². The van der Waals surface area contributed by atoms with Gasteiger partial charge in [-0.3, -0.25) is 0 Å². The fraction of sp³-hybridized carbons (Fsp3) is 0.400. The van der Waals surface area contributed by atoms with E-state index in [2.05, 4.69) is 15.0 Å². The number of nitrogens with zero attached hydrogens (tertiary/aromatic N) is 2. The Hall–Kier alpha value is -1.42. The van der Waals surface area contributed by atoms with Crippen molar-refractivity contribution in [2.24, 2.45) is 0 Å². The van der Waals surface area contributed by atoms with Crippen LogP contribution in [-0.4, -0.2) is 20.1 Å². The van der Waals surface area contributed by atoms with E-state index in [0.717, 1.165) is 23.3 Å². The van der Waals surface area contributed by atoms with Crippen molar-refractivity contribution in [1.29, 1.82) is 0 Å². The molecule has 0 bridgehead atoms. The smallest absolute Gasteiger partial charge is 0.178 e. The third-order valence-electron chi connectivity index (χ3n) is 2.26. The van der Waals surface area contributed by atoms with Gasteiger partial charge in [0, 0.05) is 6.42 Å². The summed E-state index contributed by atoms with van der Waals surface area (Å²) >= 11 is 0. The van der Waals surface area contributed by atoms with E-state index in [9.17, 15) is 0 Å². The highest BCUT2D eigenvalue weighted by Crippen LogP contribution is 2.15. The highest BCUT2D eigenvalue weighted by molar-refractivity contribution is 5.74. The molecule has 74 valence electrons. The molecule has 0 saturated heterocycles. The maximum atomic E-state index is 8.99. The van der Waals surface area contributed by atoms with Gasteiger partial charge in [-0.1, -0.05) is 6.92 Å². The molecule has 2 aromatic rings. The van der Waals surface area contributed by atoms with Gasteiger partial charge in [-0.05, 0) is 18.6 Å². The number of nitrogens with one attached hydrogen (secondary N) is 1. The van der Waals surface area contributed by atoms with Crippen LogP contribution in [0.3, 0.4) is 0 Å². The average molecular weight is 191 g/mol. The van der Waals surface area contributed by atoms with Crippen molar-refractivity contribution in [3.63, 3.8) is 0 Å². The van der Waals surface area contributed by atoms with Gasteiger partial charge in [0.1, 0.15) is 5.82 Å². The molecule has 2 aromatic heterocycles. The molecule has 2 N–H and O–H groups in total. The first-order chi connectivity index (χ1) is 6.74. The lowest BCUT2D eigenvalue weighted by Gasteiger charge is -1.97. The van der Waals surface area contributed by atoms with Crippen LogP contribution in [0.4, 0.5) is 0 Å². The maximum Gasteiger partial charge on any atom is 0.178 e. The molecule has 0 aliphatic heterocycles. The minimum atomic E-state index is -0.0366. The summed E-state index contributed by atoms with van der Waals surface area (Å²) in [6, 6.07) is 1.87. The number of fused-ring (bicyclic) bond motifs is 1. The van der Waals surface area contributed by atoms with Gasteiger partial charge in [0.15, 0.2) is 5.65 Å². The van der Waals surface area contributed by atoms with Gasteiger partial charge < -0.3 is 10.1 Å². The Balaban J connectivity index is 2.67. The van der Waals surface area contributed by atoms with E-state index in [4.69, 9.17) is 5.11 Å². The van der Waals surface area contributed by atoms with E-state index in [1.54, 1.807) is 0 Å². The summed E-state index contributed by atoms with van der Waals surface area (Å²) in [5.74, 6) is 0.936. The van der Waals surface area contributed by atoms with Crippen molar-refractivity contribution >= 4 is 11.2 Å². The molecule has 0 fully saturated rings. The minimum absolute atomic E-state index is 0.0366. The van der Waals surface area contributed by atoms with Gasteiger partial charge in [-0.25, -0.2) is 9.97 Å². The zero-order valence-corrected chi connectivity index (χ0v) is 8.33. The Morgan fingerprint density at radius 3 is 2.86 bits per heavy atom. The number of imidazole rings is 1. The number of aromatic amines is 1. The zero-order chi connectivity index (χ0) is 10.1. The Bertz CT molecular complexity index is 462. The van der Waals surface area contributed by atoms with Crippen molar-refractivity contribution in [3.05, 3.63) is 23.1 Å². The van der Waals surface area contributed by atoms with Crippen molar-refractivity contribution in [2.45, 2.75) is 26.9 Å². The number of aliphatic hydroxyl groups excluding tert-OH is 1. The standard InChI is InChI=1S/C10H13N3O/c1-3-8-12-9-6(2)4-7(5-14)11-10(9)13-8/h4,14H,3,5H2,1-2H3,(H,11,12,13). The van der Waals surface area contributed by atoms with Crippen molar-refractivity contribution in [3.8, 4) is 0 Å². The van der Waals surface area contributed by atoms with E-state index in [-0.39, 0.29) is 6.61 Å². The molecular weight excluding hydrogens is 178 g/mol. The van der Waals surface area contributed by atoms with Crippen molar-refractivity contribution < 1.29 is 5.11 Å². The summed E-state index contributed by atoms with van der Waals surface area (Å²) in [7, 11) is 0. The Labute approximate surface area is 82.0 Å². The van der Waals surface area contributed by atoms with Crippen molar-refractivity contribution in [1.82, 2.24) is 15.0 Å². The van der Waals surface area contributed by atoms with Crippen LogP contribution in [0.2, 0.25) is 0 Å². The number of rotatable bonds is 2. The van der Waals surface area contributed by atoms with Gasteiger partial charge >= 0.3 is 0 Å². The number of hydrogen-bond acceptors (Lipinski definition) is 3. The number of pyridine rings is 1. The van der Waals surface area contributed by atoms with Gasteiger partial charge in [0.25, 0.3) is 0 Å². The predicted molar refractivity (Wildman–Crippen MR) is 53.9 cm³/mol. The number of H-pyrrole nitrogens is 1. The van der Waals surface area contributed by atoms with Gasteiger partial charge in [0.05, 0.1) is 17.8 Å². The van der Waals surface area contributed by atoms with Crippen LogP contribution in [-0.2, 0) is 13.0 Å². The molecule has 0 unspecified atom stereocenters. The largest absolute Gasteiger partial charge is 0.390 e. The molecule has 14 heavy (non-hydrogen) atoms. The first kappa shape index (κ1) is 9.15. The molecule has 0 aromatic carbocycles. The molecule has 2 rings (SSSR count). The van der Waals surface area contributed by atoms with Crippen LogP contribution >= 0.6 is 0 Å².